The van der Waals surface area contributed by atoms with Gasteiger partial charge in [-0.25, -0.2) is 0 Å². The van der Waals surface area contributed by atoms with Crippen molar-refractivity contribution in [3.63, 3.8) is 0 Å². The van der Waals surface area contributed by atoms with E-state index in [0.717, 1.165) is 24.1 Å². The molecular formula is C20H25NO5. The number of aliphatic hydroxyl groups excluding tert-OH is 1. The summed E-state index contributed by atoms with van der Waals surface area (Å²) in [5, 5.41) is 11.0. The quantitative estimate of drug-likeness (QED) is 0.890. The van der Waals surface area contributed by atoms with E-state index in [2.05, 4.69) is 4.90 Å². The lowest BCUT2D eigenvalue weighted by Crippen LogP contribution is -2.65. The number of hydrogen-bond acceptors (Lipinski definition) is 6. The minimum Gasteiger partial charge on any atom is -0.493 e. The Morgan fingerprint density at radius 2 is 1.96 bits per heavy atom. The van der Waals surface area contributed by atoms with Crippen molar-refractivity contribution in [2.45, 2.75) is 36.3 Å². The van der Waals surface area contributed by atoms with Crippen LogP contribution in [0.2, 0.25) is 0 Å². The van der Waals surface area contributed by atoms with E-state index in [1.807, 2.05) is 25.3 Å². The minimum atomic E-state index is -0.834. The Hall–Kier alpha value is -2.05. The van der Waals surface area contributed by atoms with E-state index in [4.69, 9.17) is 14.2 Å². The summed E-state index contributed by atoms with van der Waals surface area (Å²) in [6.45, 7) is 0.767. The molecule has 1 heterocycles. The molecule has 3 atom stereocenters. The molecule has 6 nitrogen and oxygen atoms in total. The molecule has 0 saturated carbocycles. The van der Waals surface area contributed by atoms with E-state index >= 15 is 0 Å². The lowest BCUT2D eigenvalue weighted by atomic mass is 9.53. The van der Waals surface area contributed by atoms with Crippen LogP contribution in [0.3, 0.4) is 0 Å². The number of likely N-dealkylation sites (tertiary alicyclic amines) is 1. The monoisotopic (exact) mass is 359 g/mol. The fraction of sp³-hybridized carbons (Fsp3) is 0.550. The predicted molar refractivity (Wildman–Crippen MR) is 95.5 cm³/mol. The molecule has 6 heteroatoms. The number of hydrogen-bond donors (Lipinski definition) is 1. The van der Waals surface area contributed by atoms with E-state index in [9.17, 15) is 9.90 Å². The van der Waals surface area contributed by atoms with Crippen LogP contribution in [-0.4, -0.2) is 56.3 Å². The van der Waals surface area contributed by atoms with Gasteiger partial charge in [0.25, 0.3) is 0 Å². The third kappa shape index (κ3) is 1.81. The van der Waals surface area contributed by atoms with E-state index in [-0.39, 0.29) is 5.78 Å². The summed E-state index contributed by atoms with van der Waals surface area (Å²) in [6.07, 6.45) is 2.96. The van der Waals surface area contributed by atoms with Crippen LogP contribution < -0.4 is 9.47 Å². The molecule has 4 rings (SSSR count). The molecule has 1 aliphatic heterocycles. The molecule has 0 radical (unpaired) electrons. The molecule has 0 unspecified atom stereocenters. The number of carbonyl (C=O) groups is 1. The van der Waals surface area contributed by atoms with Gasteiger partial charge in [0, 0.05) is 17.4 Å². The maximum absolute atomic E-state index is 13.5. The van der Waals surface area contributed by atoms with Crippen LogP contribution in [0.4, 0.5) is 0 Å². The molecule has 26 heavy (non-hydrogen) atoms. The first-order valence-electron chi connectivity index (χ1n) is 8.90. The molecule has 1 saturated heterocycles. The number of likely N-dealkylation sites (N-methyl/N-ethyl adjacent to an activating group) is 1. The highest BCUT2D eigenvalue weighted by Gasteiger charge is 2.68. The van der Waals surface area contributed by atoms with Crippen LogP contribution in [0.5, 0.6) is 11.5 Å². The summed E-state index contributed by atoms with van der Waals surface area (Å²) in [5.41, 5.74) is 0.437. The number of methoxy groups -OCH3 is 3. The molecule has 0 bridgehead atoms. The van der Waals surface area contributed by atoms with Crippen molar-refractivity contribution in [3.05, 3.63) is 35.1 Å². The number of rotatable bonds is 3. The molecular weight excluding hydrogens is 334 g/mol. The van der Waals surface area contributed by atoms with Gasteiger partial charge in [0.2, 0.25) is 5.78 Å². The maximum Gasteiger partial charge on any atom is 0.218 e. The second-order valence-corrected chi connectivity index (χ2v) is 7.40. The molecule has 0 amide bonds. The number of aliphatic hydroxyl groups is 1. The zero-order valence-corrected chi connectivity index (χ0v) is 15.7. The number of Topliss-reactive ketones (excluding diaryl/α,β-unsaturated/α-hetero) is 1. The Balaban J connectivity index is 2.07. The molecule has 1 fully saturated rings. The third-order valence-corrected chi connectivity index (χ3v) is 6.68. The second kappa shape index (κ2) is 5.72. The lowest BCUT2D eigenvalue weighted by Gasteiger charge is -2.54. The fourth-order valence-corrected chi connectivity index (χ4v) is 5.50. The predicted octanol–water partition coefficient (Wildman–Crippen LogP) is 1.96. The topological polar surface area (TPSA) is 68.2 Å². The van der Waals surface area contributed by atoms with Crippen molar-refractivity contribution in [2.75, 3.05) is 34.9 Å². The van der Waals surface area contributed by atoms with Gasteiger partial charge in [0.15, 0.2) is 17.3 Å². The normalized spacial score (nSPS) is 33.0. The van der Waals surface area contributed by atoms with Crippen molar-refractivity contribution in [1.82, 2.24) is 4.90 Å². The van der Waals surface area contributed by atoms with Crippen LogP contribution in [0.15, 0.2) is 24.0 Å². The SMILES string of the molecule is COC1=CC[C@]23CCN(C)[C@]2(C[C@H](O)c2ccc(OC)c(OC)c23)C1=O. The van der Waals surface area contributed by atoms with Gasteiger partial charge in [-0.1, -0.05) is 6.07 Å². The Morgan fingerprint density at radius 1 is 1.19 bits per heavy atom. The van der Waals surface area contributed by atoms with E-state index < -0.39 is 17.1 Å². The van der Waals surface area contributed by atoms with Gasteiger partial charge in [-0.2, -0.15) is 0 Å². The standard InChI is InChI=1S/C20H25NO5/c1-21-10-9-19-8-7-15(25-3)18(23)20(19,21)11-13(22)12-5-6-14(24-2)17(26-4)16(12)19/h5-7,13,22H,8-11H2,1-4H3/t13-,19+,20+/m0/s1. The molecule has 1 aromatic carbocycles. The summed E-state index contributed by atoms with van der Waals surface area (Å²) in [6, 6.07) is 3.72. The maximum atomic E-state index is 13.5. The van der Waals surface area contributed by atoms with Crippen LogP contribution in [0, 0.1) is 0 Å². The largest absolute Gasteiger partial charge is 0.493 e. The molecule has 1 N–H and O–H groups in total. The van der Waals surface area contributed by atoms with Crippen LogP contribution in [0.1, 0.15) is 36.5 Å². The summed E-state index contributed by atoms with van der Waals surface area (Å²) < 4.78 is 16.6. The van der Waals surface area contributed by atoms with E-state index in [1.165, 1.54) is 7.11 Å². The number of ether oxygens (including phenoxy) is 3. The second-order valence-electron chi connectivity index (χ2n) is 7.40. The molecule has 0 spiro atoms. The Labute approximate surface area is 153 Å². The van der Waals surface area contributed by atoms with Crippen molar-refractivity contribution in [1.29, 1.82) is 0 Å². The summed E-state index contributed by atoms with van der Waals surface area (Å²) in [5.74, 6) is 1.56. The highest BCUT2D eigenvalue weighted by molar-refractivity contribution is 6.04. The number of nitrogens with zero attached hydrogens (tertiary/aromatic N) is 1. The Bertz CT molecular complexity index is 804. The van der Waals surface area contributed by atoms with E-state index in [1.54, 1.807) is 14.2 Å². The van der Waals surface area contributed by atoms with Crippen molar-refractivity contribution in [2.24, 2.45) is 0 Å². The van der Waals surface area contributed by atoms with Gasteiger partial charge < -0.3 is 19.3 Å². The average molecular weight is 359 g/mol. The highest BCUT2D eigenvalue weighted by atomic mass is 16.5. The first-order chi connectivity index (χ1) is 12.5. The number of ketones is 1. The zero-order chi connectivity index (χ0) is 18.7. The number of carbonyl (C=O) groups excluding carboxylic acids is 1. The van der Waals surface area contributed by atoms with Crippen LogP contribution >= 0.6 is 0 Å². The minimum absolute atomic E-state index is 0.0548. The lowest BCUT2D eigenvalue weighted by molar-refractivity contribution is -0.136. The Morgan fingerprint density at radius 3 is 2.62 bits per heavy atom. The average Bonchev–Trinajstić information content (AvgIpc) is 2.96. The molecule has 0 aromatic heterocycles. The van der Waals surface area contributed by atoms with Gasteiger partial charge in [-0.15, -0.1) is 0 Å². The van der Waals surface area contributed by atoms with Crippen LogP contribution in [-0.2, 0) is 14.9 Å². The van der Waals surface area contributed by atoms with Gasteiger partial charge in [0.05, 0.1) is 27.4 Å². The number of allylic oxidation sites excluding steroid dienone is 1. The first kappa shape index (κ1) is 17.4. The summed E-state index contributed by atoms with van der Waals surface area (Å²) in [4.78, 5) is 15.6. The van der Waals surface area contributed by atoms with E-state index in [0.29, 0.717) is 30.1 Å². The Kier molecular flexibility index (Phi) is 3.82. The van der Waals surface area contributed by atoms with Crippen LogP contribution in [0.25, 0.3) is 0 Å². The third-order valence-electron chi connectivity index (χ3n) is 6.68. The number of benzene rings is 1. The molecule has 3 aliphatic rings. The highest BCUT2D eigenvalue weighted by Crippen LogP contribution is 2.63. The zero-order valence-electron chi connectivity index (χ0n) is 15.7. The molecule has 1 aromatic rings. The molecule has 140 valence electrons. The fourth-order valence-electron chi connectivity index (χ4n) is 5.50. The van der Waals surface area contributed by atoms with Crippen molar-refractivity contribution >= 4 is 5.78 Å². The molecule has 2 aliphatic carbocycles. The summed E-state index contributed by atoms with van der Waals surface area (Å²) >= 11 is 0. The smallest absolute Gasteiger partial charge is 0.218 e. The van der Waals surface area contributed by atoms with Gasteiger partial charge in [-0.3, -0.25) is 9.69 Å². The first-order valence-corrected chi connectivity index (χ1v) is 8.90. The van der Waals surface area contributed by atoms with Gasteiger partial charge in [0.1, 0.15) is 5.54 Å². The summed E-state index contributed by atoms with van der Waals surface area (Å²) in [7, 11) is 6.70. The number of fused-ring (bicyclic) bond motifs is 1. The van der Waals surface area contributed by atoms with Crippen molar-refractivity contribution < 1.29 is 24.1 Å². The van der Waals surface area contributed by atoms with Gasteiger partial charge >= 0.3 is 0 Å². The van der Waals surface area contributed by atoms with Crippen molar-refractivity contribution in [3.8, 4) is 11.5 Å². The van der Waals surface area contributed by atoms with Gasteiger partial charge in [-0.05, 0) is 44.1 Å².